The molecule has 1 N–H and O–H groups in total. The van der Waals surface area contributed by atoms with Crippen molar-refractivity contribution in [3.05, 3.63) is 0 Å². The van der Waals surface area contributed by atoms with Crippen LogP contribution in [0.25, 0.3) is 0 Å². The van der Waals surface area contributed by atoms with E-state index in [2.05, 4.69) is 33.0 Å². The van der Waals surface area contributed by atoms with Crippen molar-refractivity contribution in [1.82, 2.24) is 5.32 Å². The van der Waals surface area contributed by atoms with Crippen LogP contribution in [0.4, 0.5) is 0 Å². The third kappa shape index (κ3) is 4.00. The van der Waals surface area contributed by atoms with Gasteiger partial charge < -0.3 is 5.32 Å². The molecular weight excluding hydrogens is 170 g/mol. The SMILES string of the molecule is CC(CC1CCC1)NCC(C)C(C)C. The third-order valence-electron chi connectivity index (χ3n) is 3.84. The molecule has 2 unspecified atom stereocenters. The summed E-state index contributed by atoms with van der Waals surface area (Å²) in [5.41, 5.74) is 0. The molecule has 14 heavy (non-hydrogen) atoms. The Bertz CT molecular complexity index is 149. The Hall–Kier alpha value is -0.0400. The van der Waals surface area contributed by atoms with Crippen LogP contribution in [0, 0.1) is 17.8 Å². The van der Waals surface area contributed by atoms with Crippen molar-refractivity contribution >= 4 is 0 Å². The monoisotopic (exact) mass is 197 g/mol. The van der Waals surface area contributed by atoms with E-state index >= 15 is 0 Å². The predicted octanol–water partition coefficient (Wildman–Crippen LogP) is 3.45. The van der Waals surface area contributed by atoms with Crippen LogP contribution in [0.5, 0.6) is 0 Å². The summed E-state index contributed by atoms with van der Waals surface area (Å²) in [4.78, 5) is 0. The van der Waals surface area contributed by atoms with Crippen molar-refractivity contribution < 1.29 is 0 Å². The van der Waals surface area contributed by atoms with Gasteiger partial charge in [0.25, 0.3) is 0 Å². The van der Waals surface area contributed by atoms with Crippen LogP contribution >= 0.6 is 0 Å². The summed E-state index contributed by atoms with van der Waals surface area (Å²) in [6.07, 6.45) is 5.82. The second-order valence-electron chi connectivity index (χ2n) is 5.56. The molecule has 0 aromatic carbocycles. The summed E-state index contributed by atoms with van der Waals surface area (Å²) >= 11 is 0. The van der Waals surface area contributed by atoms with Gasteiger partial charge in [0.1, 0.15) is 0 Å². The maximum atomic E-state index is 3.66. The summed E-state index contributed by atoms with van der Waals surface area (Å²) < 4.78 is 0. The number of rotatable bonds is 6. The van der Waals surface area contributed by atoms with E-state index in [0.29, 0.717) is 0 Å². The fourth-order valence-electron chi connectivity index (χ4n) is 1.93. The molecule has 0 saturated heterocycles. The topological polar surface area (TPSA) is 12.0 Å². The fourth-order valence-corrected chi connectivity index (χ4v) is 1.93. The molecule has 0 heterocycles. The van der Waals surface area contributed by atoms with E-state index in [9.17, 15) is 0 Å². The van der Waals surface area contributed by atoms with Crippen LogP contribution in [0.3, 0.4) is 0 Å². The van der Waals surface area contributed by atoms with Gasteiger partial charge in [-0.25, -0.2) is 0 Å². The van der Waals surface area contributed by atoms with Gasteiger partial charge in [0.05, 0.1) is 0 Å². The molecule has 0 aromatic heterocycles. The average Bonchev–Trinajstić information content (AvgIpc) is 2.07. The minimum atomic E-state index is 0.724. The second kappa shape index (κ2) is 5.75. The lowest BCUT2D eigenvalue weighted by atomic mass is 9.81. The molecule has 1 nitrogen and oxygen atoms in total. The fraction of sp³-hybridized carbons (Fsp3) is 1.00. The van der Waals surface area contributed by atoms with Crippen molar-refractivity contribution in [2.45, 2.75) is 59.4 Å². The molecule has 1 aliphatic rings. The highest BCUT2D eigenvalue weighted by atomic mass is 14.9. The molecule has 0 spiro atoms. The van der Waals surface area contributed by atoms with Gasteiger partial charge in [-0.05, 0) is 37.6 Å². The zero-order chi connectivity index (χ0) is 10.6. The van der Waals surface area contributed by atoms with E-state index in [1.807, 2.05) is 0 Å². The Kier molecular flexibility index (Phi) is 4.94. The summed E-state index contributed by atoms with van der Waals surface area (Å²) in [7, 11) is 0. The summed E-state index contributed by atoms with van der Waals surface area (Å²) in [6, 6.07) is 0.724. The normalized spacial score (nSPS) is 22.1. The average molecular weight is 197 g/mol. The lowest BCUT2D eigenvalue weighted by Crippen LogP contribution is -2.34. The Labute approximate surface area is 89.7 Å². The molecule has 0 aromatic rings. The van der Waals surface area contributed by atoms with Gasteiger partial charge in [-0.2, -0.15) is 0 Å². The van der Waals surface area contributed by atoms with Crippen LogP contribution in [0.2, 0.25) is 0 Å². The maximum Gasteiger partial charge on any atom is 0.00414 e. The Morgan fingerprint density at radius 1 is 1.14 bits per heavy atom. The first-order chi connectivity index (χ1) is 6.59. The first kappa shape index (κ1) is 12.0. The number of hydrogen-bond donors (Lipinski definition) is 1. The van der Waals surface area contributed by atoms with E-state index in [4.69, 9.17) is 0 Å². The number of hydrogen-bond acceptors (Lipinski definition) is 1. The Balaban J connectivity index is 2.04. The zero-order valence-corrected chi connectivity index (χ0v) is 10.3. The van der Waals surface area contributed by atoms with E-state index in [-0.39, 0.29) is 0 Å². The lowest BCUT2D eigenvalue weighted by molar-refractivity contribution is 0.258. The van der Waals surface area contributed by atoms with Crippen molar-refractivity contribution in [1.29, 1.82) is 0 Å². The van der Waals surface area contributed by atoms with Crippen molar-refractivity contribution in [2.24, 2.45) is 17.8 Å². The summed E-state index contributed by atoms with van der Waals surface area (Å²) in [5, 5.41) is 3.66. The van der Waals surface area contributed by atoms with E-state index < -0.39 is 0 Å². The van der Waals surface area contributed by atoms with Gasteiger partial charge in [0, 0.05) is 6.04 Å². The molecular formula is C13H27N. The van der Waals surface area contributed by atoms with Gasteiger partial charge in [-0.1, -0.05) is 40.0 Å². The van der Waals surface area contributed by atoms with Gasteiger partial charge in [0.15, 0.2) is 0 Å². The van der Waals surface area contributed by atoms with Crippen LogP contribution < -0.4 is 5.32 Å². The van der Waals surface area contributed by atoms with E-state index in [0.717, 1.165) is 23.8 Å². The van der Waals surface area contributed by atoms with Crippen LogP contribution in [0.15, 0.2) is 0 Å². The molecule has 0 amide bonds. The molecule has 1 fully saturated rings. The summed E-state index contributed by atoms with van der Waals surface area (Å²) in [6.45, 7) is 10.5. The maximum absolute atomic E-state index is 3.66. The molecule has 2 atom stereocenters. The van der Waals surface area contributed by atoms with Crippen LogP contribution in [0.1, 0.15) is 53.4 Å². The molecule has 1 heteroatoms. The van der Waals surface area contributed by atoms with Crippen LogP contribution in [-0.2, 0) is 0 Å². The van der Waals surface area contributed by atoms with Gasteiger partial charge in [-0.3, -0.25) is 0 Å². The second-order valence-corrected chi connectivity index (χ2v) is 5.56. The molecule has 1 aliphatic carbocycles. The van der Waals surface area contributed by atoms with Gasteiger partial charge >= 0.3 is 0 Å². The standard InChI is InChI=1S/C13H27N/c1-10(2)11(3)9-14-12(4)8-13-6-5-7-13/h10-14H,5-9H2,1-4H3. The quantitative estimate of drug-likeness (QED) is 0.688. The highest BCUT2D eigenvalue weighted by Gasteiger charge is 2.20. The van der Waals surface area contributed by atoms with Crippen molar-refractivity contribution in [3.63, 3.8) is 0 Å². The smallest absolute Gasteiger partial charge is 0.00414 e. The molecule has 84 valence electrons. The largest absolute Gasteiger partial charge is 0.314 e. The van der Waals surface area contributed by atoms with Gasteiger partial charge in [-0.15, -0.1) is 0 Å². The first-order valence-electron chi connectivity index (χ1n) is 6.33. The molecule has 1 rings (SSSR count). The first-order valence-corrected chi connectivity index (χ1v) is 6.33. The van der Waals surface area contributed by atoms with E-state index in [1.54, 1.807) is 0 Å². The zero-order valence-electron chi connectivity index (χ0n) is 10.3. The van der Waals surface area contributed by atoms with E-state index in [1.165, 1.54) is 32.2 Å². The predicted molar refractivity (Wildman–Crippen MR) is 63.4 cm³/mol. The highest BCUT2D eigenvalue weighted by molar-refractivity contribution is 4.75. The minimum Gasteiger partial charge on any atom is -0.314 e. The lowest BCUT2D eigenvalue weighted by Gasteiger charge is -2.29. The minimum absolute atomic E-state index is 0.724. The highest BCUT2D eigenvalue weighted by Crippen LogP contribution is 2.30. The van der Waals surface area contributed by atoms with Crippen LogP contribution in [-0.4, -0.2) is 12.6 Å². The van der Waals surface area contributed by atoms with Crippen molar-refractivity contribution in [2.75, 3.05) is 6.54 Å². The summed E-state index contributed by atoms with van der Waals surface area (Å²) in [5.74, 6) is 2.64. The molecule has 1 saturated carbocycles. The molecule has 0 aliphatic heterocycles. The van der Waals surface area contributed by atoms with Crippen molar-refractivity contribution in [3.8, 4) is 0 Å². The Morgan fingerprint density at radius 2 is 1.79 bits per heavy atom. The molecule has 0 radical (unpaired) electrons. The third-order valence-corrected chi connectivity index (χ3v) is 3.84. The Morgan fingerprint density at radius 3 is 2.21 bits per heavy atom. The molecule has 0 bridgehead atoms. The van der Waals surface area contributed by atoms with Gasteiger partial charge in [0.2, 0.25) is 0 Å². The number of nitrogens with one attached hydrogen (secondary N) is 1.